The van der Waals surface area contributed by atoms with Crippen LogP contribution in [0.3, 0.4) is 0 Å². The maximum atomic E-state index is 10.5. The van der Waals surface area contributed by atoms with E-state index in [1.807, 2.05) is 12.1 Å². The molecule has 5 heteroatoms. The lowest BCUT2D eigenvalue weighted by atomic mass is 10.1. The normalized spacial score (nSPS) is 10.9. The van der Waals surface area contributed by atoms with Gasteiger partial charge in [-0.3, -0.25) is 5.10 Å². The first kappa shape index (κ1) is 11.4. The van der Waals surface area contributed by atoms with Gasteiger partial charge in [0.15, 0.2) is 0 Å². The largest absolute Gasteiger partial charge is 0.478 e. The average molecular weight is 249 g/mol. The molecule has 2 rings (SSSR count). The molecule has 0 bridgehead atoms. The molecule has 0 radical (unpaired) electrons. The highest BCUT2D eigenvalue weighted by atomic mass is 35.5. The molecule has 1 aromatic carbocycles. The van der Waals surface area contributed by atoms with E-state index in [0.717, 1.165) is 17.3 Å². The summed E-state index contributed by atoms with van der Waals surface area (Å²) in [6.07, 6.45) is 4.12. The fraction of sp³-hybridized carbons (Fsp3) is 0. The number of hydrogen-bond donors (Lipinski definition) is 2. The number of carboxylic acids is 1. The second-order valence-corrected chi connectivity index (χ2v) is 3.82. The highest BCUT2D eigenvalue weighted by molar-refractivity contribution is 6.30. The third-order valence-electron chi connectivity index (χ3n) is 2.19. The zero-order chi connectivity index (χ0) is 12.3. The lowest BCUT2D eigenvalue weighted by Gasteiger charge is -2.00. The second-order valence-electron chi connectivity index (χ2n) is 3.38. The summed E-state index contributed by atoms with van der Waals surface area (Å²) < 4.78 is 0. The van der Waals surface area contributed by atoms with Gasteiger partial charge in [0, 0.05) is 22.2 Å². The predicted molar refractivity (Wildman–Crippen MR) is 65.7 cm³/mol. The highest BCUT2D eigenvalue weighted by Crippen LogP contribution is 2.24. The van der Waals surface area contributed by atoms with Crippen molar-refractivity contribution in [2.24, 2.45) is 0 Å². The van der Waals surface area contributed by atoms with Crippen molar-refractivity contribution in [1.82, 2.24) is 10.2 Å². The summed E-state index contributed by atoms with van der Waals surface area (Å²) in [6.45, 7) is 0. The fourth-order valence-electron chi connectivity index (χ4n) is 1.46. The molecule has 0 atom stereocenters. The monoisotopic (exact) mass is 248 g/mol. The molecular formula is C12H9ClN2O2. The minimum atomic E-state index is -0.997. The number of aliphatic carboxylic acids is 1. The molecule has 0 unspecified atom stereocenters. The van der Waals surface area contributed by atoms with Gasteiger partial charge in [-0.2, -0.15) is 5.10 Å². The van der Waals surface area contributed by atoms with Gasteiger partial charge in [0.25, 0.3) is 0 Å². The van der Waals surface area contributed by atoms with E-state index >= 15 is 0 Å². The number of benzene rings is 1. The summed E-state index contributed by atoms with van der Waals surface area (Å²) in [5.41, 5.74) is 2.31. The van der Waals surface area contributed by atoms with Gasteiger partial charge in [0.2, 0.25) is 0 Å². The van der Waals surface area contributed by atoms with Crippen LogP contribution >= 0.6 is 11.6 Å². The molecule has 0 aliphatic carbocycles. The molecule has 0 aliphatic rings. The lowest BCUT2D eigenvalue weighted by molar-refractivity contribution is -0.131. The zero-order valence-corrected chi connectivity index (χ0v) is 9.48. The number of H-pyrrole nitrogens is 1. The first-order valence-corrected chi connectivity index (χ1v) is 5.25. The van der Waals surface area contributed by atoms with Crippen molar-refractivity contribution in [3.05, 3.63) is 47.1 Å². The summed E-state index contributed by atoms with van der Waals surface area (Å²) in [5.74, 6) is -0.997. The number of carboxylic acid groups (broad SMARTS) is 1. The van der Waals surface area contributed by atoms with Crippen LogP contribution in [0.4, 0.5) is 0 Å². The van der Waals surface area contributed by atoms with Crippen LogP contribution in [0.1, 0.15) is 5.56 Å². The van der Waals surface area contributed by atoms with Crippen LogP contribution in [0, 0.1) is 0 Å². The van der Waals surface area contributed by atoms with E-state index < -0.39 is 5.97 Å². The standard InChI is InChI=1S/C12H9ClN2O2/c13-10-3-1-2-8(6-10)12-9(7-14-15-12)4-5-11(16)17/h1-7H,(H,14,15)(H,16,17)/b5-4+. The van der Waals surface area contributed by atoms with Gasteiger partial charge in [0.05, 0.1) is 11.9 Å². The van der Waals surface area contributed by atoms with Crippen molar-refractivity contribution in [1.29, 1.82) is 0 Å². The van der Waals surface area contributed by atoms with Crippen molar-refractivity contribution in [2.75, 3.05) is 0 Å². The van der Waals surface area contributed by atoms with Gasteiger partial charge in [-0.05, 0) is 18.2 Å². The molecule has 4 nitrogen and oxygen atoms in total. The van der Waals surface area contributed by atoms with E-state index in [1.54, 1.807) is 18.3 Å². The summed E-state index contributed by atoms with van der Waals surface area (Å²) >= 11 is 5.90. The number of carbonyl (C=O) groups is 1. The predicted octanol–water partition coefficient (Wildman–Crippen LogP) is 2.83. The number of aromatic amines is 1. The van der Waals surface area contributed by atoms with E-state index in [-0.39, 0.29) is 0 Å². The number of halogens is 1. The van der Waals surface area contributed by atoms with Gasteiger partial charge in [-0.1, -0.05) is 23.7 Å². The molecule has 1 aromatic heterocycles. The minimum absolute atomic E-state index is 0.616. The SMILES string of the molecule is O=C(O)/C=C/c1cn[nH]c1-c1cccc(Cl)c1. The van der Waals surface area contributed by atoms with Crippen molar-refractivity contribution >= 4 is 23.6 Å². The molecule has 0 saturated heterocycles. The minimum Gasteiger partial charge on any atom is -0.478 e. The number of rotatable bonds is 3. The van der Waals surface area contributed by atoms with Crippen molar-refractivity contribution in [2.45, 2.75) is 0 Å². The topological polar surface area (TPSA) is 66.0 Å². The third kappa shape index (κ3) is 2.73. The maximum absolute atomic E-state index is 10.5. The Morgan fingerprint density at radius 1 is 1.47 bits per heavy atom. The summed E-state index contributed by atoms with van der Waals surface area (Å²) in [5, 5.41) is 15.9. The fourth-order valence-corrected chi connectivity index (χ4v) is 1.65. The molecular weight excluding hydrogens is 240 g/mol. The Bertz CT molecular complexity index is 575. The molecule has 86 valence electrons. The van der Waals surface area contributed by atoms with Gasteiger partial charge in [0.1, 0.15) is 0 Å². The van der Waals surface area contributed by atoms with Gasteiger partial charge in [-0.25, -0.2) is 4.79 Å². The Morgan fingerprint density at radius 2 is 2.29 bits per heavy atom. The molecule has 17 heavy (non-hydrogen) atoms. The summed E-state index contributed by atoms with van der Waals surface area (Å²) in [4.78, 5) is 10.5. The Labute approximate surface area is 103 Å². The highest BCUT2D eigenvalue weighted by Gasteiger charge is 2.05. The average Bonchev–Trinajstić information content (AvgIpc) is 2.74. The molecule has 0 spiro atoms. The van der Waals surface area contributed by atoms with Crippen LogP contribution in [-0.4, -0.2) is 21.3 Å². The van der Waals surface area contributed by atoms with Crippen LogP contribution < -0.4 is 0 Å². The van der Waals surface area contributed by atoms with Crippen LogP contribution in [0.15, 0.2) is 36.5 Å². The van der Waals surface area contributed by atoms with Crippen molar-refractivity contribution in [3.63, 3.8) is 0 Å². The van der Waals surface area contributed by atoms with Crippen LogP contribution in [0.25, 0.3) is 17.3 Å². The third-order valence-corrected chi connectivity index (χ3v) is 2.42. The number of hydrogen-bond acceptors (Lipinski definition) is 2. The summed E-state index contributed by atoms with van der Waals surface area (Å²) in [7, 11) is 0. The zero-order valence-electron chi connectivity index (χ0n) is 8.72. The number of nitrogens with zero attached hydrogens (tertiary/aromatic N) is 1. The van der Waals surface area contributed by atoms with Gasteiger partial charge >= 0.3 is 5.97 Å². The van der Waals surface area contributed by atoms with Crippen LogP contribution in [0.5, 0.6) is 0 Å². The molecule has 0 aliphatic heterocycles. The molecule has 2 aromatic rings. The number of nitrogens with one attached hydrogen (secondary N) is 1. The Morgan fingerprint density at radius 3 is 3.00 bits per heavy atom. The molecule has 2 N–H and O–H groups in total. The van der Waals surface area contributed by atoms with Gasteiger partial charge < -0.3 is 5.11 Å². The molecule has 0 saturated carbocycles. The Balaban J connectivity index is 2.40. The second kappa shape index (κ2) is 4.84. The van der Waals surface area contributed by atoms with E-state index in [2.05, 4.69) is 10.2 Å². The molecule has 0 amide bonds. The number of aromatic nitrogens is 2. The quantitative estimate of drug-likeness (QED) is 0.821. The Kier molecular flexibility index (Phi) is 3.25. The first-order chi connectivity index (χ1) is 8.16. The van der Waals surface area contributed by atoms with E-state index in [9.17, 15) is 4.79 Å². The van der Waals surface area contributed by atoms with E-state index in [0.29, 0.717) is 10.6 Å². The molecule has 0 fully saturated rings. The van der Waals surface area contributed by atoms with Crippen LogP contribution in [-0.2, 0) is 4.79 Å². The Hall–Kier alpha value is -2.07. The summed E-state index contributed by atoms with van der Waals surface area (Å²) in [6, 6.07) is 7.25. The lowest BCUT2D eigenvalue weighted by Crippen LogP contribution is -1.86. The van der Waals surface area contributed by atoms with Crippen LogP contribution in [0.2, 0.25) is 5.02 Å². The smallest absolute Gasteiger partial charge is 0.328 e. The van der Waals surface area contributed by atoms with Crippen molar-refractivity contribution in [3.8, 4) is 11.3 Å². The van der Waals surface area contributed by atoms with Gasteiger partial charge in [-0.15, -0.1) is 0 Å². The molecule has 1 heterocycles. The van der Waals surface area contributed by atoms with Crippen molar-refractivity contribution < 1.29 is 9.90 Å². The first-order valence-electron chi connectivity index (χ1n) is 4.87. The van der Waals surface area contributed by atoms with E-state index in [1.165, 1.54) is 6.08 Å². The van der Waals surface area contributed by atoms with E-state index in [4.69, 9.17) is 16.7 Å². The maximum Gasteiger partial charge on any atom is 0.328 e.